The van der Waals surface area contributed by atoms with Crippen molar-refractivity contribution < 1.29 is 0 Å². The summed E-state index contributed by atoms with van der Waals surface area (Å²) in [6.07, 6.45) is 4.01. The number of aromatic nitrogens is 1. The second kappa shape index (κ2) is 11.7. The lowest BCUT2D eigenvalue weighted by atomic mass is 10.0. The molecule has 6 rings (SSSR count). The van der Waals surface area contributed by atoms with Crippen molar-refractivity contribution in [2.24, 2.45) is 0 Å². The van der Waals surface area contributed by atoms with E-state index in [0.717, 1.165) is 19.1 Å². The Morgan fingerprint density at radius 1 is 0.564 bits per heavy atom. The van der Waals surface area contributed by atoms with Gasteiger partial charge in [0.25, 0.3) is 0 Å². The molecule has 0 aliphatic rings. The highest BCUT2D eigenvalue weighted by molar-refractivity contribution is 7.72. The zero-order valence-electron chi connectivity index (χ0n) is 22.3. The maximum Gasteiger partial charge on any atom is 0.0504 e. The molecule has 0 saturated carbocycles. The Balaban J connectivity index is 1.47. The second-order valence-electron chi connectivity index (χ2n) is 9.81. The molecule has 0 radical (unpaired) electrons. The summed E-state index contributed by atoms with van der Waals surface area (Å²) in [5.74, 6) is 0. The van der Waals surface area contributed by atoms with Crippen LogP contribution in [0.15, 0.2) is 140 Å². The molecule has 0 spiro atoms. The average molecular weight is 525 g/mol. The van der Waals surface area contributed by atoms with Gasteiger partial charge in [-0.15, -0.1) is 0 Å². The largest absolute Gasteiger partial charge is 0.361 e. The minimum absolute atomic E-state index is 0.561. The van der Waals surface area contributed by atoms with E-state index in [1.54, 1.807) is 0 Å². The maximum atomic E-state index is 3.49. The SMILES string of the molecule is CCc1ccccc1N(Cc1cccc2cc[nH]c12)c1ccccc1CP(c1ccccc1)c1ccccc1. The van der Waals surface area contributed by atoms with E-state index in [1.807, 2.05) is 6.20 Å². The summed E-state index contributed by atoms with van der Waals surface area (Å²) in [6, 6.07) is 48.7. The third kappa shape index (κ3) is 5.39. The molecule has 2 nitrogen and oxygen atoms in total. The van der Waals surface area contributed by atoms with Gasteiger partial charge >= 0.3 is 0 Å². The molecule has 6 aromatic rings. The summed E-state index contributed by atoms with van der Waals surface area (Å²) >= 11 is 0. The van der Waals surface area contributed by atoms with Crippen LogP contribution in [0.3, 0.4) is 0 Å². The molecule has 1 heterocycles. The Bertz CT molecular complexity index is 1620. The van der Waals surface area contributed by atoms with E-state index in [1.165, 1.54) is 49.6 Å². The molecular weight excluding hydrogens is 491 g/mol. The minimum atomic E-state index is -0.561. The first kappa shape index (κ1) is 25.2. The molecule has 192 valence electrons. The average Bonchev–Trinajstić information content (AvgIpc) is 3.50. The van der Waals surface area contributed by atoms with Gasteiger partial charge in [0.05, 0.1) is 12.1 Å². The molecule has 3 heteroatoms. The number of hydrogen-bond donors (Lipinski definition) is 1. The van der Waals surface area contributed by atoms with Crippen molar-refractivity contribution in [2.45, 2.75) is 26.1 Å². The molecule has 5 aromatic carbocycles. The number of nitrogens with one attached hydrogen (secondary N) is 1. The van der Waals surface area contributed by atoms with Crippen molar-refractivity contribution in [3.05, 3.63) is 156 Å². The quantitative estimate of drug-likeness (QED) is 0.187. The van der Waals surface area contributed by atoms with Crippen LogP contribution in [0.5, 0.6) is 0 Å². The predicted molar refractivity (Wildman–Crippen MR) is 169 cm³/mol. The summed E-state index contributed by atoms with van der Waals surface area (Å²) < 4.78 is 0. The summed E-state index contributed by atoms with van der Waals surface area (Å²) in [6.45, 7) is 3.04. The third-order valence-electron chi connectivity index (χ3n) is 7.41. The fourth-order valence-electron chi connectivity index (χ4n) is 5.45. The summed E-state index contributed by atoms with van der Waals surface area (Å²) in [5.41, 5.74) is 7.80. The molecule has 0 aliphatic carbocycles. The Morgan fingerprint density at radius 2 is 1.13 bits per heavy atom. The van der Waals surface area contributed by atoms with E-state index in [2.05, 4.69) is 150 Å². The van der Waals surface area contributed by atoms with Crippen LogP contribution < -0.4 is 15.5 Å². The minimum Gasteiger partial charge on any atom is -0.361 e. The zero-order chi connectivity index (χ0) is 26.4. The molecule has 0 atom stereocenters. The Labute approximate surface area is 232 Å². The molecule has 39 heavy (non-hydrogen) atoms. The Kier molecular flexibility index (Phi) is 7.56. The fourth-order valence-corrected chi connectivity index (χ4v) is 7.79. The molecule has 0 saturated heterocycles. The van der Waals surface area contributed by atoms with Gasteiger partial charge in [0.2, 0.25) is 0 Å². The van der Waals surface area contributed by atoms with Crippen LogP contribution in [0.1, 0.15) is 23.6 Å². The number of hydrogen-bond acceptors (Lipinski definition) is 1. The van der Waals surface area contributed by atoms with Gasteiger partial charge in [0.1, 0.15) is 0 Å². The van der Waals surface area contributed by atoms with Crippen molar-refractivity contribution >= 4 is 40.8 Å². The predicted octanol–water partition coefficient (Wildman–Crippen LogP) is 8.70. The van der Waals surface area contributed by atoms with E-state index in [9.17, 15) is 0 Å². The smallest absolute Gasteiger partial charge is 0.0504 e. The van der Waals surface area contributed by atoms with E-state index in [4.69, 9.17) is 0 Å². The van der Waals surface area contributed by atoms with Crippen molar-refractivity contribution in [3.63, 3.8) is 0 Å². The van der Waals surface area contributed by atoms with E-state index in [0.29, 0.717) is 0 Å². The summed E-state index contributed by atoms with van der Waals surface area (Å²) in [5, 5.41) is 4.07. The van der Waals surface area contributed by atoms with Crippen LogP contribution >= 0.6 is 7.92 Å². The van der Waals surface area contributed by atoms with Gasteiger partial charge in [-0.1, -0.05) is 122 Å². The molecule has 0 aliphatic heterocycles. The van der Waals surface area contributed by atoms with Crippen molar-refractivity contribution in [3.8, 4) is 0 Å². The number of aryl methyl sites for hydroxylation is 1. The standard InChI is InChI=1S/C36H33N2P/c1-2-28-14-9-11-22-34(28)38(26-30-17-13-16-29-24-25-37-36(29)30)35-23-12-10-15-31(35)27-39(32-18-5-3-6-19-32)33-20-7-4-8-21-33/h3-25,37H,2,26-27H2,1H3. The maximum absolute atomic E-state index is 3.49. The number of anilines is 2. The van der Waals surface area contributed by atoms with Gasteiger partial charge in [0.15, 0.2) is 0 Å². The lowest BCUT2D eigenvalue weighted by Gasteiger charge is -2.31. The lowest BCUT2D eigenvalue weighted by Crippen LogP contribution is -2.20. The van der Waals surface area contributed by atoms with Crippen molar-refractivity contribution in [1.82, 2.24) is 4.98 Å². The van der Waals surface area contributed by atoms with E-state index >= 15 is 0 Å². The van der Waals surface area contributed by atoms with Crippen LogP contribution in [0.25, 0.3) is 10.9 Å². The fraction of sp³-hybridized carbons (Fsp3) is 0.111. The number of nitrogens with zero attached hydrogens (tertiary/aromatic N) is 1. The van der Waals surface area contributed by atoms with Gasteiger partial charge in [-0.2, -0.15) is 0 Å². The number of para-hydroxylation sites is 3. The third-order valence-corrected chi connectivity index (χ3v) is 9.91. The van der Waals surface area contributed by atoms with Crippen LogP contribution in [-0.2, 0) is 19.1 Å². The van der Waals surface area contributed by atoms with Crippen LogP contribution in [0, 0.1) is 0 Å². The van der Waals surface area contributed by atoms with E-state index in [-0.39, 0.29) is 0 Å². The molecule has 1 N–H and O–H groups in total. The number of aromatic amines is 1. The summed E-state index contributed by atoms with van der Waals surface area (Å²) in [7, 11) is -0.561. The first-order chi connectivity index (χ1) is 19.3. The first-order valence-electron chi connectivity index (χ1n) is 13.7. The zero-order valence-corrected chi connectivity index (χ0v) is 23.2. The van der Waals surface area contributed by atoms with Gasteiger partial charge in [-0.3, -0.25) is 0 Å². The monoisotopic (exact) mass is 524 g/mol. The molecule has 0 unspecified atom stereocenters. The first-order valence-corrected chi connectivity index (χ1v) is 15.2. The molecule has 0 fully saturated rings. The Hall–Kier alpha value is -4.13. The topological polar surface area (TPSA) is 19.0 Å². The van der Waals surface area contributed by atoms with Crippen LogP contribution in [0.4, 0.5) is 11.4 Å². The van der Waals surface area contributed by atoms with Crippen LogP contribution in [-0.4, -0.2) is 4.98 Å². The van der Waals surface area contributed by atoms with Gasteiger partial charge in [-0.05, 0) is 65.2 Å². The second-order valence-corrected chi connectivity index (χ2v) is 12.0. The molecule has 0 amide bonds. The highest BCUT2D eigenvalue weighted by Crippen LogP contribution is 2.42. The molecule has 0 bridgehead atoms. The highest BCUT2D eigenvalue weighted by Gasteiger charge is 2.21. The van der Waals surface area contributed by atoms with Gasteiger partial charge < -0.3 is 9.88 Å². The number of benzene rings is 5. The molecule has 1 aromatic heterocycles. The number of fused-ring (bicyclic) bond motifs is 1. The number of rotatable bonds is 9. The highest BCUT2D eigenvalue weighted by atomic mass is 31.1. The Morgan fingerprint density at radius 3 is 1.79 bits per heavy atom. The van der Waals surface area contributed by atoms with Crippen molar-refractivity contribution in [1.29, 1.82) is 0 Å². The van der Waals surface area contributed by atoms with Gasteiger partial charge in [0, 0.05) is 23.7 Å². The van der Waals surface area contributed by atoms with Gasteiger partial charge in [-0.25, -0.2) is 0 Å². The normalized spacial score (nSPS) is 11.2. The summed E-state index contributed by atoms with van der Waals surface area (Å²) in [4.78, 5) is 6.03. The lowest BCUT2D eigenvalue weighted by molar-refractivity contribution is 0.954. The molecular formula is C36H33N2P. The van der Waals surface area contributed by atoms with Crippen LogP contribution in [0.2, 0.25) is 0 Å². The number of H-pyrrole nitrogens is 1. The van der Waals surface area contributed by atoms with Crippen molar-refractivity contribution in [2.75, 3.05) is 4.90 Å². The van der Waals surface area contributed by atoms with E-state index < -0.39 is 7.92 Å².